The normalized spacial score (nSPS) is 11.1. The molecule has 4 nitrogen and oxygen atoms in total. The van der Waals surface area contributed by atoms with E-state index in [2.05, 4.69) is 5.32 Å². The van der Waals surface area contributed by atoms with E-state index in [1.54, 1.807) is 48.5 Å². The standard InChI is InChI=1S/C24H19Cl2NO3/c25-20-10-6-17(7-11-20)14-22(24(29)27-16-19-4-2-1-3-5-19)30-23(28)15-18-8-12-21(26)13-9-18/h1-14H,15-16H2,(H,27,29)/b22-14-. The lowest BCUT2D eigenvalue weighted by molar-refractivity contribution is -0.142. The molecule has 0 atom stereocenters. The quantitative estimate of drug-likeness (QED) is 0.303. The number of hydrogen-bond acceptors (Lipinski definition) is 3. The van der Waals surface area contributed by atoms with Gasteiger partial charge in [-0.2, -0.15) is 0 Å². The second-order valence-corrected chi connectivity index (χ2v) is 7.38. The Bertz CT molecular complexity index is 1030. The third-order valence-electron chi connectivity index (χ3n) is 4.17. The van der Waals surface area contributed by atoms with E-state index in [1.165, 1.54) is 6.08 Å². The molecule has 0 bridgehead atoms. The Labute approximate surface area is 185 Å². The summed E-state index contributed by atoms with van der Waals surface area (Å²) in [6.45, 7) is 0.312. The summed E-state index contributed by atoms with van der Waals surface area (Å²) in [4.78, 5) is 25.2. The molecule has 6 heteroatoms. The number of rotatable bonds is 7. The third kappa shape index (κ3) is 6.76. The summed E-state index contributed by atoms with van der Waals surface area (Å²) < 4.78 is 5.41. The van der Waals surface area contributed by atoms with E-state index in [0.29, 0.717) is 22.2 Å². The van der Waals surface area contributed by atoms with E-state index < -0.39 is 11.9 Å². The number of hydrogen-bond donors (Lipinski definition) is 1. The van der Waals surface area contributed by atoms with E-state index >= 15 is 0 Å². The fraction of sp³-hybridized carbons (Fsp3) is 0.0833. The summed E-state index contributed by atoms with van der Waals surface area (Å²) in [6.07, 6.45) is 1.53. The number of amides is 1. The van der Waals surface area contributed by atoms with E-state index in [4.69, 9.17) is 27.9 Å². The molecule has 0 saturated carbocycles. The molecule has 0 spiro atoms. The van der Waals surface area contributed by atoms with Gasteiger partial charge in [0, 0.05) is 16.6 Å². The Morgan fingerprint density at radius 2 is 1.40 bits per heavy atom. The number of carbonyl (C=O) groups excluding carboxylic acids is 2. The predicted molar refractivity (Wildman–Crippen MR) is 119 cm³/mol. The monoisotopic (exact) mass is 439 g/mol. The van der Waals surface area contributed by atoms with Gasteiger partial charge in [-0.05, 0) is 47.0 Å². The predicted octanol–water partition coefficient (Wildman–Crippen LogP) is 5.44. The molecule has 0 aliphatic carbocycles. The molecule has 152 valence electrons. The number of esters is 1. The number of carbonyl (C=O) groups is 2. The minimum atomic E-state index is -0.549. The van der Waals surface area contributed by atoms with Crippen molar-refractivity contribution in [2.75, 3.05) is 0 Å². The summed E-state index contributed by atoms with van der Waals surface area (Å²) >= 11 is 11.8. The average Bonchev–Trinajstić information content (AvgIpc) is 2.75. The fourth-order valence-electron chi connectivity index (χ4n) is 2.64. The average molecular weight is 440 g/mol. The van der Waals surface area contributed by atoms with Gasteiger partial charge < -0.3 is 10.1 Å². The molecule has 1 N–H and O–H groups in total. The molecule has 0 aromatic heterocycles. The molecule has 0 aliphatic rings. The summed E-state index contributed by atoms with van der Waals surface area (Å²) in [6, 6.07) is 23.2. The maximum atomic E-state index is 12.7. The lowest BCUT2D eigenvalue weighted by Crippen LogP contribution is -2.27. The highest BCUT2D eigenvalue weighted by molar-refractivity contribution is 6.30. The molecule has 0 heterocycles. The Balaban J connectivity index is 1.74. The SMILES string of the molecule is O=C(Cc1ccc(Cl)cc1)O/C(=C\c1ccc(Cl)cc1)C(=O)NCc1ccccc1. The highest BCUT2D eigenvalue weighted by Crippen LogP contribution is 2.15. The van der Waals surface area contributed by atoms with Gasteiger partial charge in [0.05, 0.1) is 6.42 Å². The molecule has 0 radical (unpaired) electrons. The molecule has 0 fully saturated rings. The smallest absolute Gasteiger partial charge is 0.315 e. The molecule has 3 rings (SSSR count). The van der Waals surface area contributed by atoms with Crippen LogP contribution in [0.25, 0.3) is 6.08 Å². The molecule has 3 aromatic rings. The minimum absolute atomic E-state index is 0.0150. The van der Waals surface area contributed by atoms with Gasteiger partial charge in [0.2, 0.25) is 0 Å². The highest BCUT2D eigenvalue weighted by atomic mass is 35.5. The van der Waals surface area contributed by atoms with Crippen LogP contribution in [-0.2, 0) is 27.3 Å². The first-order valence-corrected chi connectivity index (χ1v) is 10.00. The van der Waals surface area contributed by atoms with Crippen LogP contribution in [0.15, 0.2) is 84.6 Å². The summed E-state index contributed by atoms with van der Waals surface area (Å²) in [7, 11) is 0. The molecule has 0 saturated heterocycles. The van der Waals surface area contributed by atoms with Crippen molar-refractivity contribution in [3.05, 3.63) is 111 Å². The van der Waals surface area contributed by atoms with Crippen LogP contribution >= 0.6 is 23.2 Å². The molecule has 3 aromatic carbocycles. The first kappa shape index (κ1) is 21.6. The Hall–Kier alpha value is -3.08. The minimum Gasteiger partial charge on any atom is -0.420 e. The van der Waals surface area contributed by atoms with Crippen LogP contribution in [0.1, 0.15) is 16.7 Å². The Kier molecular flexibility index (Phi) is 7.66. The number of halogens is 2. The van der Waals surface area contributed by atoms with Crippen molar-refractivity contribution in [2.45, 2.75) is 13.0 Å². The zero-order chi connectivity index (χ0) is 21.3. The Morgan fingerprint density at radius 3 is 2.03 bits per heavy atom. The first-order chi connectivity index (χ1) is 14.5. The van der Waals surface area contributed by atoms with Crippen molar-refractivity contribution in [2.24, 2.45) is 0 Å². The summed E-state index contributed by atoms with van der Waals surface area (Å²) in [5, 5.41) is 3.93. The zero-order valence-corrected chi connectivity index (χ0v) is 17.5. The Morgan fingerprint density at radius 1 is 0.800 bits per heavy atom. The number of ether oxygens (including phenoxy) is 1. The first-order valence-electron chi connectivity index (χ1n) is 9.24. The van der Waals surface area contributed by atoms with Crippen LogP contribution < -0.4 is 5.32 Å². The lowest BCUT2D eigenvalue weighted by Gasteiger charge is -2.11. The van der Waals surface area contributed by atoms with Crippen molar-refractivity contribution in [3.8, 4) is 0 Å². The second-order valence-electron chi connectivity index (χ2n) is 6.51. The fourth-order valence-corrected chi connectivity index (χ4v) is 2.90. The van der Waals surface area contributed by atoms with Crippen molar-refractivity contribution >= 4 is 41.2 Å². The molecule has 1 amide bonds. The van der Waals surface area contributed by atoms with Gasteiger partial charge in [-0.15, -0.1) is 0 Å². The van der Waals surface area contributed by atoms with E-state index in [-0.39, 0.29) is 12.2 Å². The third-order valence-corrected chi connectivity index (χ3v) is 4.68. The van der Waals surface area contributed by atoms with Crippen molar-refractivity contribution in [1.82, 2.24) is 5.32 Å². The van der Waals surface area contributed by atoms with Gasteiger partial charge in [-0.25, -0.2) is 0 Å². The van der Waals surface area contributed by atoms with Gasteiger partial charge in [0.15, 0.2) is 5.76 Å². The zero-order valence-electron chi connectivity index (χ0n) is 16.0. The largest absolute Gasteiger partial charge is 0.420 e. The van der Waals surface area contributed by atoms with Gasteiger partial charge in [0.25, 0.3) is 5.91 Å². The van der Waals surface area contributed by atoms with Crippen LogP contribution in [0, 0.1) is 0 Å². The molecule has 30 heavy (non-hydrogen) atoms. The molecule has 0 unspecified atom stereocenters. The van der Waals surface area contributed by atoms with Gasteiger partial charge in [0.1, 0.15) is 0 Å². The number of benzene rings is 3. The van der Waals surface area contributed by atoms with E-state index in [0.717, 1.165) is 11.1 Å². The van der Waals surface area contributed by atoms with Crippen LogP contribution in [-0.4, -0.2) is 11.9 Å². The van der Waals surface area contributed by atoms with Crippen molar-refractivity contribution < 1.29 is 14.3 Å². The summed E-state index contributed by atoms with van der Waals surface area (Å²) in [5.41, 5.74) is 2.35. The maximum absolute atomic E-state index is 12.7. The van der Waals surface area contributed by atoms with E-state index in [1.807, 2.05) is 30.3 Å². The van der Waals surface area contributed by atoms with Crippen LogP contribution in [0.4, 0.5) is 0 Å². The van der Waals surface area contributed by atoms with Crippen LogP contribution in [0.2, 0.25) is 10.0 Å². The topological polar surface area (TPSA) is 55.4 Å². The van der Waals surface area contributed by atoms with Gasteiger partial charge in [-0.3, -0.25) is 9.59 Å². The molecular weight excluding hydrogens is 421 g/mol. The number of nitrogens with one attached hydrogen (secondary N) is 1. The van der Waals surface area contributed by atoms with E-state index in [9.17, 15) is 9.59 Å². The maximum Gasteiger partial charge on any atom is 0.315 e. The van der Waals surface area contributed by atoms with Crippen LogP contribution in [0.5, 0.6) is 0 Å². The lowest BCUT2D eigenvalue weighted by atomic mass is 10.1. The van der Waals surface area contributed by atoms with Crippen LogP contribution in [0.3, 0.4) is 0 Å². The molecular formula is C24H19Cl2NO3. The van der Waals surface area contributed by atoms with Crippen molar-refractivity contribution in [1.29, 1.82) is 0 Å². The van der Waals surface area contributed by atoms with Crippen molar-refractivity contribution in [3.63, 3.8) is 0 Å². The second kappa shape index (κ2) is 10.6. The van der Waals surface area contributed by atoms with Gasteiger partial charge >= 0.3 is 5.97 Å². The van der Waals surface area contributed by atoms with Gasteiger partial charge in [-0.1, -0.05) is 77.8 Å². The molecule has 0 aliphatic heterocycles. The highest BCUT2D eigenvalue weighted by Gasteiger charge is 2.16. The summed E-state index contributed by atoms with van der Waals surface area (Å²) in [5.74, 6) is -1.13.